The lowest BCUT2D eigenvalue weighted by Crippen LogP contribution is -2.49. The quantitative estimate of drug-likeness (QED) is 0.688. The van der Waals surface area contributed by atoms with Crippen LogP contribution in [0.4, 0.5) is 11.4 Å². The minimum atomic E-state index is -3.83. The third kappa shape index (κ3) is 4.04. The number of anilines is 2. The van der Waals surface area contributed by atoms with Gasteiger partial charge in [0.15, 0.2) is 0 Å². The van der Waals surface area contributed by atoms with Crippen molar-refractivity contribution < 1.29 is 17.9 Å². The van der Waals surface area contributed by atoms with Gasteiger partial charge in [-0.05, 0) is 43.7 Å². The van der Waals surface area contributed by atoms with Crippen molar-refractivity contribution in [1.82, 2.24) is 4.90 Å². The summed E-state index contributed by atoms with van der Waals surface area (Å²) in [5, 5.41) is 0. The lowest BCUT2D eigenvalue weighted by molar-refractivity contribution is 0.0746. The zero-order valence-electron chi connectivity index (χ0n) is 18.6. The van der Waals surface area contributed by atoms with E-state index in [1.165, 1.54) is 6.07 Å². The first-order valence-corrected chi connectivity index (χ1v) is 12.2. The lowest BCUT2D eigenvalue weighted by Gasteiger charge is -2.37. The van der Waals surface area contributed by atoms with Gasteiger partial charge in [0.2, 0.25) is 0 Å². The minimum Gasteiger partial charge on any atom is -0.495 e. The van der Waals surface area contributed by atoms with Crippen LogP contribution in [0.15, 0.2) is 51.8 Å². The van der Waals surface area contributed by atoms with Crippen LogP contribution in [0.5, 0.6) is 5.75 Å². The fraction of sp³-hybridized carbons (Fsp3) is 0.391. The molecule has 0 spiro atoms. The predicted molar refractivity (Wildman–Crippen MR) is 125 cm³/mol. The second-order valence-corrected chi connectivity index (χ2v) is 9.47. The Morgan fingerprint density at radius 2 is 1.78 bits per heavy atom. The molecular weight excluding hydrogens is 428 g/mol. The molecule has 0 aliphatic carbocycles. The smallest absolute Gasteiger partial charge is 0.286 e. The van der Waals surface area contributed by atoms with Crippen molar-refractivity contribution >= 4 is 33.1 Å². The van der Waals surface area contributed by atoms with Crippen LogP contribution < -0.4 is 14.5 Å². The standard InChI is InChI=1S/C23H28N4O4S/c1-4-11-27-17(2)24-32(29,30)22-16-18(9-10-20(22)27)23(28)26-14-12-25(13-15-26)19-7-5-6-8-21(19)31-3/h5-10,16H,4,11-15H2,1-3H3. The van der Waals surface area contributed by atoms with E-state index in [0.717, 1.165) is 17.9 Å². The van der Waals surface area contributed by atoms with Gasteiger partial charge in [-0.25, -0.2) is 0 Å². The highest BCUT2D eigenvalue weighted by Gasteiger charge is 2.31. The minimum absolute atomic E-state index is 0.0926. The van der Waals surface area contributed by atoms with Crippen LogP contribution in [-0.2, 0) is 10.0 Å². The fourth-order valence-corrected chi connectivity index (χ4v) is 5.52. The van der Waals surface area contributed by atoms with Crippen molar-refractivity contribution in [2.24, 2.45) is 4.40 Å². The fourth-order valence-electron chi connectivity index (χ4n) is 4.25. The van der Waals surface area contributed by atoms with Crippen molar-refractivity contribution in [3.8, 4) is 5.75 Å². The Balaban J connectivity index is 1.53. The van der Waals surface area contributed by atoms with E-state index >= 15 is 0 Å². The number of amidine groups is 1. The van der Waals surface area contributed by atoms with Gasteiger partial charge < -0.3 is 19.4 Å². The van der Waals surface area contributed by atoms with E-state index < -0.39 is 10.0 Å². The Morgan fingerprint density at radius 3 is 2.47 bits per heavy atom. The summed E-state index contributed by atoms with van der Waals surface area (Å²) < 4.78 is 34.7. The van der Waals surface area contributed by atoms with Gasteiger partial charge in [-0.15, -0.1) is 4.40 Å². The molecule has 4 rings (SSSR count). The number of benzene rings is 2. The molecule has 2 aromatic carbocycles. The first-order chi connectivity index (χ1) is 15.4. The van der Waals surface area contributed by atoms with Gasteiger partial charge in [0.1, 0.15) is 16.5 Å². The van der Waals surface area contributed by atoms with Gasteiger partial charge in [-0.1, -0.05) is 19.1 Å². The molecule has 32 heavy (non-hydrogen) atoms. The predicted octanol–water partition coefficient (Wildman–Crippen LogP) is 2.99. The molecule has 1 amide bonds. The number of amides is 1. The normalized spacial score (nSPS) is 17.6. The molecule has 0 unspecified atom stereocenters. The maximum absolute atomic E-state index is 13.2. The number of hydrogen-bond donors (Lipinski definition) is 0. The Morgan fingerprint density at radius 1 is 1.06 bits per heavy atom. The van der Waals surface area contributed by atoms with Crippen LogP contribution in [0.1, 0.15) is 30.6 Å². The van der Waals surface area contributed by atoms with Crippen LogP contribution in [-0.4, -0.2) is 64.9 Å². The number of fused-ring (bicyclic) bond motifs is 1. The lowest BCUT2D eigenvalue weighted by atomic mass is 10.1. The number of sulfonamides is 1. The first-order valence-electron chi connectivity index (χ1n) is 10.8. The van der Waals surface area contributed by atoms with E-state index in [4.69, 9.17) is 4.74 Å². The second kappa shape index (κ2) is 8.82. The highest BCUT2D eigenvalue weighted by atomic mass is 32.2. The van der Waals surface area contributed by atoms with Crippen molar-refractivity contribution in [2.45, 2.75) is 25.2 Å². The van der Waals surface area contributed by atoms with E-state index in [1.54, 1.807) is 31.1 Å². The molecule has 1 fully saturated rings. The van der Waals surface area contributed by atoms with Gasteiger partial charge >= 0.3 is 0 Å². The van der Waals surface area contributed by atoms with Crippen molar-refractivity contribution in [2.75, 3.05) is 49.6 Å². The summed E-state index contributed by atoms with van der Waals surface area (Å²) >= 11 is 0. The molecular formula is C23H28N4O4S. The van der Waals surface area contributed by atoms with Crippen molar-refractivity contribution in [3.05, 3.63) is 48.0 Å². The molecule has 0 atom stereocenters. The Labute approximate surface area is 189 Å². The number of carbonyl (C=O) groups excluding carboxylic acids is 1. The zero-order chi connectivity index (χ0) is 22.9. The SMILES string of the molecule is CCCN1C(C)=NS(=O)(=O)c2cc(C(=O)N3CCN(c4ccccc4OC)CC3)ccc21. The number of rotatable bonds is 5. The molecule has 0 N–H and O–H groups in total. The van der Waals surface area contributed by atoms with Gasteiger partial charge in [-0.2, -0.15) is 8.42 Å². The summed E-state index contributed by atoms with van der Waals surface area (Å²) in [7, 11) is -2.18. The molecule has 0 radical (unpaired) electrons. The van der Waals surface area contributed by atoms with Gasteiger partial charge in [0.25, 0.3) is 15.9 Å². The molecule has 0 saturated carbocycles. The molecule has 170 valence electrons. The number of methoxy groups -OCH3 is 1. The number of carbonyl (C=O) groups is 1. The maximum Gasteiger partial charge on any atom is 0.286 e. The highest BCUT2D eigenvalue weighted by Crippen LogP contribution is 2.33. The number of para-hydroxylation sites is 2. The van der Waals surface area contributed by atoms with Crippen LogP contribution in [0.3, 0.4) is 0 Å². The largest absolute Gasteiger partial charge is 0.495 e. The molecule has 2 aliphatic rings. The van der Waals surface area contributed by atoms with Crippen LogP contribution in [0, 0.1) is 0 Å². The summed E-state index contributed by atoms with van der Waals surface area (Å²) in [5.41, 5.74) is 1.95. The summed E-state index contributed by atoms with van der Waals surface area (Å²) in [6.07, 6.45) is 0.851. The number of nitrogens with zero attached hydrogens (tertiary/aromatic N) is 4. The first kappa shape index (κ1) is 22.1. The molecule has 0 aromatic heterocycles. The molecule has 2 aliphatic heterocycles. The number of ether oxygens (including phenoxy) is 1. The monoisotopic (exact) mass is 456 g/mol. The molecule has 8 nitrogen and oxygen atoms in total. The van der Waals surface area contributed by atoms with E-state index in [1.807, 2.05) is 36.1 Å². The van der Waals surface area contributed by atoms with Crippen molar-refractivity contribution in [1.29, 1.82) is 0 Å². The van der Waals surface area contributed by atoms with Gasteiger partial charge in [-0.3, -0.25) is 4.79 Å². The zero-order valence-corrected chi connectivity index (χ0v) is 19.4. The summed E-state index contributed by atoms with van der Waals surface area (Å²) in [6, 6.07) is 12.7. The van der Waals surface area contributed by atoms with Crippen LogP contribution in [0.2, 0.25) is 0 Å². The topological polar surface area (TPSA) is 82.5 Å². The van der Waals surface area contributed by atoms with E-state index in [2.05, 4.69) is 9.30 Å². The van der Waals surface area contributed by atoms with Crippen LogP contribution >= 0.6 is 0 Å². The van der Waals surface area contributed by atoms with E-state index in [-0.39, 0.29) is 10.8 Å². The third-order valence-electron chi connectivity index (χ3n) is 5.86. The molecule has 0 bridgehead atoms. The molecule has 2 heterocycles. The summed E-state index contributed by atoms with van der Waals surface area (Å²) in [4.78, 5) is 19.1. The number of hydrogen-bond acceptors (Lipinski definition) is 6. The number of piperazine rings is 1. The summed E-state index contributed by atoms with van der Waals surface area (Å²) in [6.45, 7) is 6.80. The molecule has 9 heteroatoms. The Hall–Kier alpha value is -3.07. The van der Waals surface area contributed by atoms with Crippen molar-refractivity contribution in [3.63, 3.8) is 0 Å². The van der Waals surface area contributed by atoms with E-state index in [0.29, 0.717) is 49.8 Å². The van der Waals surface area contributed by atoms with Gasteiger partial charge in [0.05, 0.1) is 18.5 Å². The molecule has 2 aromatic rings. The Kier molecular flexibility index (Phi) is 6.10. The Bertz CT molecular complexity index is 1150. The highest BCUT2D eigenvalue weighted by molar-refractivity contribution is 7.90. The average molecular weight is 457 g/mol. The summed E-state index contributed by atoms with van der Waals surface area (Å²) in [5.74, 6) is 1.08. The molecule has 1 saturated heterocycles. The third-order valence-corrected chi connectivity index (χ3v) is 7.25. The van der Waals surface area contributed by atoms with Crippen LogP contribution in [0.25, 0.3) is 0 Å². The van der Waals surface area contributed by atoms with E-state index in [9.17, 15) is 13.2 Å². The van der Waals surface area contributed by atoms with Gasteiger partial charge in [0, 0.05) is 38.3 Å². The average Bonchev–Trinajstić information content (AvgIpc) is 2.81. The second-order valence-electron chi connectivity index (χ2n) is 7.90. The maximum atomic E-state index is 13.2.